The lowest BCUT2D eigenvalue weighted by molar-refractivity contribution is 0.614. The first-order valence-electron chi connectivity index (χ1n) is 10.4. The molecule has 5 nitrogen and oxygen atoms in total. The molecule has 1 N–H and O–H groups in total. The van der Waals surface area contributed by atoms with E-state index in [1.807, 2.05) is 0 Å². The molecule has 1 aromatic carbocycles. The first kappa shape index (κ1) is 18.1. The third kappa shape index (κ3) is 4.71. The van der Waals surface area contributed by atoms with Gasteiger partial charge in [-0.2, -0.15) is 4.98 Å². The fourth-order valence-electron chi connectivity index (χ4n) is 4.20. The Morgan fingerprint density at radius 1 is 0.852 bits per heavy atom. The van der Waals surface area contributed by atoms with Gasteiger partial charge < -0.3 is 15.1 Å². The Morgan fingerprint density at radius 2 is 1.52 bits per heavy atom. The molecule has 2 heterocycles. The number of para-hydroxylation sites is 1. The predicted molar refractivity (Wildman–Crippen MR) is 113 cm³/mol. The first-order valence-corrected chi connectivity index (χ1v) is 10.4. The number of anilines is 3. The standard InChI is InChI=1S/C22H31N5/c1-18-17-21(24-19-9-5-2-3-6-10-19)25-22(23-18)27-15-13-26(14-16-27)20-11-7-4-8-12-20/h4,7-8,11-12,17,19H,2-3,5-6,9-10,13-16H2,1H3,(H,23,24,25). The minimum Gasteiger partial charge on any atom is -0.368 e. The summed E-state index contributed by atoms with van der Waals surface area (Å²) in [6, 6.07) is 13.3. The summed E-state index contributed by atoms with van der Waals surface area (Å²) in [6.07, 6.45) is 7.92. The molecule has 1 aliphatic carbocycles. The average Bonchev–Trinajstić information content (AvgIpc) is 2.97. The number of benzene rings is 1. The van der Waals surface area contributed by atoms with Crippen molar-refractivity contribution >= 4 is 17.5 Å². The lowest BCUT2D eigenvalue weighted by Gasteiger charge is -2.36. The minimum absolute atomic E-state index is 0.560. The van der Waals surface area contributed by atoms with Crippen LogP contribution in [0.15, 0.2) is 36.4 Å². The highest BCUT2D eigenvalue weighted by atomic mass is 15.3. The van der Waals surface area contributed by atoms with Gasteiger partial charge in [-0.15, -0.1) is 0 Å². The molecule has 1 saturated carbocycles. The molecule has 0 spiro atoms. The van der Waals surface area contributed by atoms with E-state index in [2.05, 4.69) is 58.4 Å². The first-order chi connectivity index (χ1) is 13.3. The molecule has 4 rings (SSSR count). The fraction of sp³-hybridized carbons (Fsp3) is 0.545. The Kier molecular flexibility index (Phi) is 5.75. The molecule has 1 aliphatic heterocycles. The van der Waals surface area contributed by atoms with Crippen molar-refractivity contribution in [2.75, 3.05) is 41.3 Å². The van der Waals surface area contributed by atoms with Gasteiger partial charge in [-0.3, -0.25) is 0 Å². The normalized spacial score (nSPS) is 19.0. The smallest absolute Gasteiger partial charge is 0.227 e. The largest absolute Gasteiger partial charge is 0.368 e. The van der Waals surface area contributed by atoms with Crippen LogP contribution in [0.1, 0.15) is 44.2 Å². The summed E-state index contributed by atoms with van der Waals surface area (Å²) >= 11 is 0. The summed E-state index contributed by atoms with van der Waals surface area (Å²) in [5.74, 6) is 1.87. The molecule has 144 valence electrons. The lowest BCUT2D eigenvalue weighted by Crippen LogP contribution is -2.47. The second kappa shape index (κ2) is 8.59. The Morgan fingerprint density at radius 3 is 2.22 bits per heavy atom. The van der Waals surface area contributed by atoms with E-state index in [0.717, 1.165) is 43.6 Å². The summed E-state index contributed by atoms with van der Waals surface area (Å²) in [5.41, 5.74) is 2.35. The van der Waals surface area contributed by atoms with E-state index in [1.54, 1.807) is 0 Å². The van der Waals surface area contributed by atoms with Crippen LogP contribution in [0.4, 0.5) is 17.5 Å². The van der Waals surface area contributed by atoms with Crippen LogP contribution < -0.4 is 15.1 Å². The summed E-state index contributed by atoms with van der Waals surface area (Å²) in [7, 11) is 0. The Bertz CT molecular complexity index is 717. The number of nitrogens with zero attached hydrogens (tertiary/aromatic N) is 4. The highest BCUT2D eigenvalue weighted by Gasteiger charge is 2.20. The molecule has 27 heavy (non-hydrogen) atoms. The highest BCUT2D eigenvalue weighted by molar-refractivity contribution is 5.49. The molecular formula is C22H31N5. The van der Waals surface area contributed by atoms with Gasteiger partial charge in [0.2, 0.25) is 5.95 Å². The van der Waals surface area contributed by atoms with E-state index in [0.29, 0.717) is 6.04 Å². The Balaban J connectivity index is 1.41. The van der Waals surface area contributed by atoms with E-state index < -0.39 is 0 Å². The van der Waals surface area contributed by atoms with Gasteiger partial charge in [0, 0.05) is 49.7 Å². The number of hydrogen-bond donors (Lipinski definition) is 1. The molecule has 2 aromatic rings. The molecule has 5 heteroatoms. The third-order valence-electron chi connectivity index (χ3n) is 5.73. The molecule has 0 atom stereocenters. The zero-order chi connectivity index (χ0) is 18.5. The second-order valence-corrected chi connectivity index (χ2v) is 7.84. The second-order valence-electron chi connectivity index (χ2n) is 7.84. The maximum Gasteiger partial charge on any atom is 0.227 e. The van der Waals surface area contributed by atoms with Crippen molar-refractivity contribution in [1.29, 1.82) is 0 Å². The van der Waals surface area contributed by atoms with E-state index >= 15 is 0 Å². The van der Waals surface area contributed by atoms with Gasteiger partial charge >= 0.3 is 0 Å². The van der Waals surface area contributed by atoms with E-state index in [1.165, 1.54) is 44.2 Å². The van der Waals surface area contributed by atoms with E-state index in [-0.39, 0.29) is 0 Å². The summed E-state index contributed by atoms with van der Waals surface area (Å²) in [5, 5.41) is 3.69. The van der Waals surface area contributed by atoms with Crippen LogP contribution in [0.5, 0.6) is 0 Å². The zero-order valence-corrected chi connectivity index (χ0v) is 16.4. The predicted octanol–water partition coefficient (Wildman–Crippen LogP) is 4.25. The SMILES string of the molecule is Cc1cc(NC2CCCCCC2)nc(N2CCN(c3ccccc3)CC2)n1. The van der Waals surface area contributed by atoms with Crippen molar-refractivity contribution in [3.05, 3.63) is 42.1 Å². The van der Waals surface area contributed by atoms with Crippen LogP contribution in [0, 0.1) is 6.92 Å². The molecule has 2 aliphatic rings. The number of hydrogen-bond acceptors (Lipinski definition) is 5. The van der Waals surface area contributed by atoms with Gasteiger partial charge in [-0.1, -0.05) is 43.9 Å². The van der Waals surface area contributed by atoms with Crippen LogP contribution >= 0.6 is 0 Å². The van der Waals surface area contributed by atoms with Crippen LogP contribution in [-0.2, 0) is 0 Å². The minimum atomic E-state index is 0.560. The van der Waals surface area contributed by atoms with Gasteiger partial charge in [0.15, 0.2) is 0 Å². The van der Waals surface area contributed by atoms with Crippen LogP contribution in [-0.4, -0.2) is 42.2 Å². The van der Waals surface area contributed by atoms with Crippen molar-refractivity contribution in [1.82, 2.24) is 9.97 Å². The molecule has 0 radical (unpaired) electrons. The topological polar surface area (TPSA) is 44.3 Å². The zero-order valence-electron chi connectivity index (χ0n) is 16.4. The lowest BCUT2D eigenvalue weighted by atomic mass is 10.1. The van der Waals surface area contributed by atoms with Crippen LogP contribution in [0.3, 0.4) is 0 Å². The van der Waals surface area contributed by atoms with Gasteiger partial charge in [-0.25, -0.2) is 4.98 Å². The number of aryl methyl sites for hydroxylation is 1. The van der Waals surface area contributed by atoms with Gasteiger partial charge in [0.1, 0.15) is 5.82 Å². The molecule has 1 aromatic heterocycles. The quantitative estimate of drug-likeness (QED) is 0.821. The summed E-state index contributed by atoms with van der Waals surface area (Å²) < 4.78 is 0. The maximum absolute atomic E-state index is 4.86. The summed E-state index contributed by atoms with van der Waals surface area (Å²) in [4.78, 5) is 14.4. The third-order valence-corrected chi connectivity index (χ3v) is 5.73. The number of nitrogens with one attached hydrogen (secondary N) is 1. The number of rotatable bonds is 4. The van der Waals surface area contributed by atoms with E-state index in [4.69, 9.17) is 9.97 Å². The summed E-state index contributed by atoms with van der Waals surface area (Å²) in [6.45, 7) is 6.01. The van der Waals surface area contributed by atoms with Crippen molar-refractivity contribution in [3.63, 3.8) is 0 Å². The fourth-order valence-corrected chi connectivity index (χ4v) is 4.20. The molecule has 2 fully saturated rings. The van der Waals surface area contributed by atoms with Crippen molar-refractivity contribution in [2.45, 2.75) is 51.5 Å². The van der Waals surface area contributed by atoms with Crippen molar-refractivity contribution < 1.29 is 0 Å². The average molecular weight is 366 g/mol. The van der Waals surface area contributed by atoms with E-state index in [9.17, 15) is 0 Å². The van der Waals surface area contributed by atoms with Crippen molar-refractivity contribution in [3.8, 4) is 0 Å². The van der Waals surface area contributed by atoms with Crippen LogP contribution in [0.25, 0.3) is 0 Å². The molecule has 1 saturated heterocycles. The van der Waals surface area contributed by atoms with Crippen molar-refractivity contribution in [2.24, 2.45) is 0 Å². The Hall–Kier alpha value is -2.30. The van der Waals surface area contributed by atoms with Gasteiger partial charge in [-0.05, 0) is 31.9 Å². The maximum atomic E-state index is 4.86. The van der Waals surface area contributed by atoms with Gasteiger partial charge in [0.05, 0.1) is 0 Å². The molecule has 0 bridgehead atoms. The number of aromatic nitrogens is 2. The molecular weight excluding hydrogens is 334 g/mol. The monoisotopic (exact) mass is 365 g/mol. The highest BCUT2D eigenvalue weighted by Crippen LogP contribution is 2.23. The molecule has 0 amide bonds. The number of piperazine rings is 1. The van der Waals surface area contributed by atoms with Crippen LogP contribution in [0.2, 0.25) is 0 Å². The van der Waals surface area contributed by atoms with Gasteiger partial charge in [0.25, 0.3) is 0 Å². The molecule has 0 unspecified atom stereocenters. The Labute approximate surface area is 162 Å².